The third-order valence-electron chi connectivity index (χ3n) is 4.14. The van der Waals surface area contributed by atoms with Gasteiger partial charge in [-0.25, -0.2) is 19.4 Å². The summed E-state index contributed by atoms with van der Waals surface area (Å²) >= 11 is 1.75. The molecular formula is C20H26FIN6S. The topological polar surface area (TPSA) is 67.1 Å². The van der Waals surface area contributed by atoms with E-state index < -0.39 is 0 Å². The highest BCUT2D eigenvalue weighted by Gasteiger charge is 2.06. The number of hydrogen-bond acceptors (Lipinski definition) is 4. The van der Waals surface area contributed by atoms with Gasteiger partial charge in [0.1, 0.15) is 5.82 Å². The van der Waals surface area contributed by atoms with Crippen LogP contribution in [-0.4, -0.2) is 33.6 Å². The molecule has 156 valence electrons. The maximum atomic E-state index is 14.4. The Balaban J connectivity index is 0.00000300. The molecule has 2 N–H and O–H groups in total. The second-order valence-electron chi connectivity index (χ2n) is 6.20. The third-order valence-corrected chi connectivity index (χ3v) is 5.34. The largest absolute Gasteiger partial charge is 0.357 e. The van der Waals surface area contributed by atoms with Gasteiger partial charge in [-0.2, -0.15) is 0 Å². The van der Waals surface area contributed by atoms with Crippen LogP contribution in [0.3, 0.4) is 0 Å². The van der Waals surface area contributed by atoms with Gasteiger partial charge in [-0.05, 0) is 31.0 Å². The number of aliphatic imine (C=N–C) groups is 1. The molecule has 3 rings (SSSR count). The van der Waals surface area contributed by atoms with E-state index in [1.807, 2.05) is 19.2 Å². The van der Waals surface area contributed by atoms with E-state index in [2.05, 4.69) is 32.5 Å². The van der Waals surface area contributed by atoms with Crippen LogP contribution in [0.5, 0.6) is 0 Å². The molecule has 3 aromatic rings. The van der Waals surface area contributed by atoms with Gasteiger partial charge in [-0.3, -0.25) is 0 Å². The van der Waals surface area contributed by atoms with Crippen LogP contribution in [0.2, 0.25) is 0 Å². The van der Waals surface area contributed by atoms with Crippen LogP contribution >= 0.6 is 35.3 Å². The fraction of sp³-hybridized carbons (Fsp3) is 0.350. The predicted octanol–water partition coefficient (Wildman–Crippen LogP) is 3.95. The molecular weight excluding hydrogens is 502 g/mol. The number of imidazole rings is 1. The van der Waals surface area contributed by atoms with Gasteiger partial charge in [0.25, 0.3) is 0 Å². The molecule has 0 amide bonds. The average Bonchev–Trinajstić information content (AvgIpc) is 3.38. The number of aryl methyl sites for hydroxylation is 1. The fourth-order valence-electron chi connectivity index (χ4n) is 2.69. The first-order valence-electron chi connectivity index (χ1n) is 9.42. The Kier molecular flexibility index (Phi) is 9.52. The summed E-state index contributed by atoms with van der Waals surface area (Å²) in [6, 6.07) is 5.15. The quantitative estimate of drug-likeness (QED) is 0.264. The molecule has 29 heavy (non-hydrogen) atoms. The Bertz CT molecular complexity index is 910. The van der Waals surface area contributed by atoms with Gasteiger partial charge in [0.2, 0.25) is 0 Å². The molecule has 0 aliphatic heterocycles. The summed E-state index contributed by atoms with van der Waals surface area (Å²) in [6.07, 6.45) is 8.74. The zero-order valence-electron chi connectivity index (χ0n) is 16.6. The number of benzene rings is 1. The van der Waals surface area contributed by atoms with Crippen molar-refractivity contribution in [2.24, 2.45) is 4.99 Å². The molecule has 0 saturated carbocycles. The van der Waals surface area contributed by atoms with Crippen LogP contribution in [0, 0.1) is 5.82 Å². The molecule has 0 unspecified atom stereocenters. The normalized spacial score (nSPS) is 11.2. The second kappa shape index (κ2) is 11.9. The van der Waals surface area contributed by atoms with Gasteiger partial charge < -0.3 is 15.2 Å². The van der Waals surface area contributed by atoms with E-state index in [1.165, 1.54) is 10.9 Å². The summed E-state index contributed by atoms with van der Waals surface area (Å²) < 4.78 is 16.0. The molecule has 2 heterocycles. The lowest BCUT2D eigenvalue weighted by Gasteiger charge is -2.11. The summed E-state index contributed by atoms with van der Waals surface area (Å²) in [6.45, 7) is 6.06. The Morgan fingerprint density at radius 3 is 2.79 bits per heavy atom. The third kappa shape index (κ3) is 6.77. The Morgan fingerprint density at radius 2 is 2.14 bits per heavy atom. The first-order chi connectivity index (χ1) is 13.7. The molecule has 6 nitrogen and oxygen atoms in total. The molecule has 9 heteroatoms. The Morgan fingerprint density at radius 1 is 1.28 bits per heavy atom. The van der Waals surface area contributed by atoms with E-state index >= 15 is 0 Å². The van der Waals surface area contributed by atoms with Crippen molar-refractivity contribution in [1.82, 2.24) is 25.2 Å². The molecule has 0 bridgehead atoms. The molecule has 0 radical (unpaired) electrons. The fourth-order valence-corrected chi connectivity index (χ4v) is 3.55. The van der Waals surface area contributed by atoms with E-state index in [0.29, 0.717) is 18.2 Å². The number of nitrogens with one attached hydrogen (secondary N) is 2. The maximum absolute atomic E-state index is 14.4. The SMILES string of the molecule is CCNC(=NCc1ccc(-n2ccnc2)c(F)c1)NCCc1ncc(CC)s1.I. The number of thiazole rings is 1. The summed E-state index contributed by atoms with van der Waals surface area (Å²) in [5.41, 5.74) is 1.29. The van der Waals surface area contributed by atoms with Crippen molar-refractivity contribution in [3.05, 3.63) is 64.4 Å². The van der Waals surface area contributed by atoms with Crippen LogP contribution in [0.4, 0.5) is 4.39 Å². The van der Waals surface area contributed by atoms with Gasteiger partial charge in [0.15, 0.2) is 5.96 Å². The Labute approximate surface area is 191 Å². The molecule has 0 fully saturated rings. The van der Waals surface area contributed by atoms with Crippen molar-refractivity contribution in [1.29, 1.82) is 0 Å². The van der Waals surface area contributed by atoms with Gasteiger partial charge >= 0.3 is 0 Å². The predicted molar refractivity (Wildman–Crippen MR) is 127 cm³/mol. The van der Waals surface area contributed by atoms with Crippen LogP contribution < -0.4 is 10.6 Å². The second-order valence-corrected chi connectivity index (χ2v) is 7.40. The first-order valence-corrected chi connectivity index (χ1v) is 10.2. The summed E-state index contributed by atoms with van der Waals surface area (Å²) in [5.74, 6) is 0.424. The first kappa shape index (κ1) is 23.3. The molecule has 0 atom stereocenters. The lowest BCUT2D eigenvalue weighted by atomic mass is 10.2. The molecule has 0 spiro atoms. The zero-order valence-corrected chi connectivity index (χ0v) is 19.7. The molecule has 1 aromatic carbocycles. The minimum absolute atomic E-state index is 0. The molecule has 0 aliphatic carbocycles. The Hall–Kier alpha value is -2.01. The number of nitrogens with zero attached hydrogens (tertiary/aromatic N) is 4. The summed E-state index contributed by atoms with van der Waals surface area (Å²) in [7, 11) is 0. The number of guanidine groups is 1. The maximum Gasteiger partial charge on any atom is 0.191 e. The van der Waals surface area contributed by atoms with Crippen molar-refractivity contribution < 1.29 is 4.39 Å². The van der Waals surface area contributed by atoms with E-state index in [0.717, 1.165) is 36.5 Å². The number of rotatable bonds is 8. The zero-order chi connectivity index (χ0) is 19.8. The van der Waals surface area contributed by atoms with Gasteiger partial charge in [0.05, 0.1) is 23.6 Å². The number of hydrogen-bond donors (Lipinski definition) is 2. The standard InChI is InChI=1S/C20H25FN6S.HI/c1-3-16-13-25-19(28-16)7-8-24-20(23-4-2)26-12-15-5-6-18(17(21)11-15)27-10-9-22-14-27;/h5-6,9-11,13-14H,3-4,7-8,12H2,1-2H3,(H2,23,24,26);1H. The van der Waals surface area contributed by atoms with Crippen molar-refractivity contribution in [2.75, 3.05) is 13.1 Å². The van der Waals surface area contributed by atoms with Crippen LogP contribution in [0.15, 0.2) is 48.1 Å². The summed E-state index contributed by atoms with van der Waals surface area (Å²) in [4.78, 5) is 14.2. The van der Waals surface area contributed by atoms with Crippen LogP contribution in [0.25, 0.3) is 5.69 Å². The number of halogens is 2. The van der Waals surface area contributed by atoms with Gasteiger partial charge in [-0.1, -0.05) is 13.0 Å². The van der Waals surface area contributed by atoms with Crippen molar-refractivity contribution in [3.8, 4) is 5.69 Å². The minimum Gasteiger partial charge on any atom is -0.357 e. The van der Waals surface area contributed by atoms with Crippen molar-refractivity contribution in [3.63, 3.8) is 0 Å². The van der Waals surface area contributed by atoms with E-state index in [9.17, 15) is 4.39 Å². The van der Waals surface area contributed by atoms with E-state index in [4.69, 9.17) is 0 Å². The summed E-state index contributed by atoms with van der Waals surface area (Å²) in [5, 5.41) is 7.66. The lowest BCUT2D eigenvalue weighted by molar-refractivity contribution is 0.615. The molecule has 2 aromatic heterocycles. The minimum atomic E-state index is -0.292. The van der Waals surface area contributed by atoms with Crippen molar-refractivity contribution in [2.45, 2.75) is 33.2 Å². The highest BCUT2D eigenvalue weighted by Crippen LogP contribution is 2.16. The lowest BCUT2D eigenvalue weighted by Crippen LogP contribution is -2.38. The average molecular weight is 528 g/mol. The van der Waals surface area contributed by atoms with Gasteiger partial charge in [0, 0.05) is 43.0 Å². The van der Waals surface area contributed by atoms with Crippen LogP contribution in [-0.2, 0) is 19.4 Å². The smallest absolute Gasteiger partial charge is 0.191 e. The van der Waals surface area contributed by atoms with Crippen LogP contribution in [0.1, 0.15) is 29.3 Å². The number of aromatic nitrogens is 3. The monoisotopic (exact) mass is 528 g/mol. The molecule has 0 aliphatic rings. The molecule has 0 saturated heterocycles. The highest BCUT2D eigenvalue weighted by atomic mass is 127. The van der Waals surface area contributed by atoms with E-state index in [-0.39, 0.29) is 29.8 Å². The van der Waals surface area contributed by atoms with Crippen molar-refractivity contribution >= 4 is 41.3 Å². The van der Waals surface area contributed by atoms with Gasteiger partial charge in [-0.15, -0.1) is 35.3 Å². The van der Waals surface area contributed by atoms with E-state index in [1.54, 1.807) is 40.7 Å². The highest BCUT2D eigenvalue weighted by molar-refractivity contribution is 14.0.